The van der Waals surface area contributed by atoms with Crippen LogP contribution in [0.3, 0.4) is 0 Å². The average Bonchev–Trinajstić information content (AvgIpc) is 3.09. The summed E-state index contributed by atoms with van der Waals surface area (Å²) in [6, 6.07) is 12.3. The number of hydrogen-bond donors (Lipinski definition) is 3. The summed E-state index contributed by atoms with van der Waals surface area (Å²) in [6.07, 6.45) is -7.79. The van der Waals surface area contributed by atoms with Crippen LogP contribution in [-0.2, 0) is 14.3 Å². The Kier molecular flexibility index (Phi) is 7.80. The van der Waals surface area contributed by atoms with Crippen LogP contribution in [0.15, 0.2) is 48.5 Å². The number of carbonyl (C=O) groups excluding carboxylic acids is 2. The Morgan fingerprint density at radius 3 is 2.06 bits per heavy atom. The molecule has 0 radical (unpaired) electrons. The number of benzene rings is 2. The fraction of sp³-hybridized carbons (Fsp3) is 0.375. The summed E-state index contributed by atoms with van der Waals surface area (Å²) >= 11 is 0. The summed E-state index contributed by atoms with van der Waals surface area (Å²) in [7, 11) is 0. The van der Waals surface area contributed by atoms with Crippen molar-refractivity contribution in [3.05, 3.63) is 59.7 Å². The fourth-order valence-corrected chi connectivity index (χ4v) is 4.03. The number of carbonyl (C=O) groups is 3. The first-order valence-electron chi connectivity index (χ1n) is 10.8. The molecule has 182 valence electrons. The first-order chi connectivity index (χ1) is 16.1. The van der Waals surface area contributed by atoms with Gasteiger partial charge in [-0.2, -0.15) is 13.2 Å². The molecule has 0 saturated heterocycles. The van der Waals surface area contributed by atoms with Crippen LogP contribution in [0.25, 0.3) is 11.1 Å². The molecule has 1 unspecified atom stereocenters. The molecule has 2 aromatic carbocycles. The normalized spacial score (nSPS) is 14.5. The molecule has 0 aliphatic heterocycles. The van der Waals surface area contributed by atoms with E-state index in [1.165, 1.54) is 0 Å². The van der Waals surface area contributed by atoms with Crippen molar-refractivity contribution >= 4 is 18.0 Å². The zero-order chi connectivity index (χ0) is 24.9. The van der Waals surface area contributed by atoms with Crippen molar-refractivity contribution in [2.24, 2.45) is 0 Å². The van der Waals surface area contributed by atoms with E-state index in [1.807, 2.05) is 53.8 Å². The minimum Gasteiger partial charge on any atom is -0.481 e. The molecule has 1 aliphatic carbocycles. The number of fused-ring (bicyclic) bond motifs is 3. The van der Waals surface area contributed by atoms with Crippen LogP contribution in [-0.4, -0.2) is 47.9 Å². The predicted octanol–water partition coefficient (Wildman–Crippen LogP) is 4.22. The second-order valence-electron chi connectivity index (χ2n) is 8.05. The maximum Gasteiger partial charge on any atom is 0.407 e. The molecule has 0 saturated carbocycles. The molecule has 0 heterocycles. The first kappa shape index (κ1) is 25.1. The summed E-state index contributed by atoms with van der Waals surface area (Å²) in [4.78, 5) is 35.7. The molecule has 2 amide bonds. The molecule has 0 fully saturated rings. The Morgan fingerprint density at radius 2 is 1.56 bits per heavy atom. The van der Waals surface area contributed by atoms with E-state index in [1.54, 1.807) is 6.92 Å². The van der Waals surface area contributed by atoms with E-state index >= 15 is 0 Å². The van der Waals surface area contributed by atoms with Gasteiger partial charge in [-0.3, -0.25) is 9.59 Å². The molecule has 10 heteroatoms. The monoisotopic (exact) mass is 478 g/mol. The van der Waals surface area contributed by atoms with Gasteiger partial charge >= 0.3 is 18.2 Å². The third kappa shape index (κ3) is 6.27. The largest absolute Gasteiger partial charge is 0.481 e. The number of alkyl halides is 3. The highest BCUT2D eigenvalue weighted by Gasteiger charge is 2.37. The van der Waals surface area contributed by atoms with Gasteiger partial charge in [-0.05, 0) is 28.7 Å². The average molecular weight is 478 g/mol. The quantitative estimate of drug-likeness (QED) is 0.501. The van der Waals surface area contributed by atoms with E-state index in [2.05, 4.69) is 5.32 Å². The van der Waals surface area contributed by atoms with Gasteiger partial charge in [0.05, 0.1) is 12.8 Å². The maximum atomic E-state index is 13.0. The molecular weight excluding hydrogens is 453 g/mol. The van der Waals surface area contributed by atoms with Crippen LogP contribution in [0.4, 0.5) is 18.0 Å². The Bertz CT molecular complexity index is 1010. The number of aliphatic carboxylic acids is 1. The van der Waals surface area contributed by atoms with E-state index in [4.69, 9.17) is 9.84 Å². The van der Waals surface area contributed by atoms with Gasteiger partial charge in [0, 0.05) is 12.0 Å². The number of halogens is 3. The van der Waals surface area contributed by atoms with Crippen molar-refractivity contribution in [3.63, 3.8) is 0 Å². The van der Waals surface area contributed by atoms with Gasteiger partial charge in [0.25, 0.3) is 0 Å². The third-order valence-electron chi connectivity index (χ3n) is 5.65. The van der Waals surface area contributed by atoms with Gasteiger partial charge in [-0.15, -0.1) is 0 Å². The molecule has 0 aromatic heterocycles. The molecule has 3 N–H and O–H groups in total. The summed E-state index contributed by atoms with van der Waals surface area (Å²) in [6.45, 7) is 1.46. The Balaban J connectivity index is 1.68. The highest BCUT2D eigenvalue weighted by molar-refractivity contribution is 5.86. The number of ether oxygens (including phenoxy) is 1. The lowest BCUT2D eigenvalue weighted by Gasteiger charge is -2.23. The highest BCUT2D eigenvalue weighted by Crippen LogP contribution is 2.44. The lowest BCUT2D eigenvalue weighted by Crippen LogP contribution is -2.51. The lowest BCUT2D eigenvalue weighted by atomic mass is 9.98. The smallest absolute Gasteiger partial charge is 0.407 e. The van der Waals surface area contributed by atoms with Crippen LogP contribution >= 0.6 is 0 Å². The Labute approximate surface area is 194 Å². The van der Waals surface area contributed by atoms with Gasteiger partial charge in [0.1, 0.15) is 12.6 Å². The molecule has 3 rings (SSSR count). The summed E-state index contributed by atoms with van der Waals surface area (Å²) in [5.74, 6) is -2.63. The van der Waals surface area contributed by atoms with Crippen LogP contribution in [0, 0.1) is 0 Å². The molecule has 34 heavy (non-hydrogen) atoms. The van der Waals surface area contributed by atoms with Crippen LogP contribution in [0.1, 0.15) is 43.2 Å². The van der Waals surface area contributed by atoms with Gasteiger partial charge in [-0.1, -0.05) is 55.5 Å². The van der Waals surface area contributed by atoms with E-state index in [9.17, 15) is 27.6 Å². The Morgan fingerprint density at radius 1 is 1.00 bits per heavy atom. The molecule has 0 bridgehead atoms. The molecular formula is C24H25F3N2O5. The predicted molar refractivity (Wildman–Crippen MR) is 117 cm³/mol. The third-order valence-corrected chi connectivity index (χ3v) is 5.65. The maximum absolute atomic E-state index is 13.0. The van der Waals surface area contributed by atoms with E-state index in [0.29, 0.717) is 0 Å². The van der Waals surface area contributed by atoms with Crippen LogP contribution in [0.5, 0.6) is 0 Å². The van der Waals surface area contributed by atoms with Gasteiger partial charge in [-0.25, -0.2) is 4.79 Å². The SMILES string of the molecule is CC[C@@H](CC(=O)O)NC(=O)C(CC(F)(F)F)NC(=O)OCC1c2ccccc2-c2ccccc21. The van der Waals surface area contributed by atoms with E-state index < -0.39 is 49.1 Å². The second kappa shape index (κ2) is 10.6. The minimum atomic E-state index is -4.74. The molecule has 1 aliphatic rings. The molecule has 2 atom stereocenters. The van der Waals surface area contributed by atoms with Gasteiger partial charge in [0.2, 0.25) is 5.91 Å². The van der Waals surface area contributed by atoms with Crippen LogP contribution in [0.2, 0.25) is 0 Å². The second-order valence-corrected chi connectivity index (χ2v) is 8.05. The molecule has 0 spiro atoms. The first-order valence-corrected chi connectivity index (χ1v) is 10.8. The van der Waals surface area contributed by atoms with Gasteiger partial charge < -0.3 is 20.5 Å². The number of amides is 2. The highest BCUT2D eigenvalue weighted by atomic mass is 19.4. The zero-order valence-corrected chi connectivity index (χ0v) is 18.4. The lowest BCUT2D eigenvalue weighted by molar-refractivity contribution is -0.149. The van der Waals surface area contributed by atoms with Crippen molar-refractivity contribution in [3.8, 4) is 11.1 Å². The standard InChI is InChI=1S/C24H25F3N2O5/c1-2-14(11-21(30)31)28-22(32)20(12-24(25,26)27)29-23(33)34-13-19-17-9-5-3-7-15(17)16-8-4-6-10-18(16)19/h3-10,14,19-20H,2,11-13H2,1H3,(H,28,32)(H,29,33)(H,30,31)/t14-,20?/m0/s1. The fourth-order valence-electron chi connectivity index (χ4n) is 4.03. The minimum absolute atomic E-state index is 0.128. The number of nitrogens with one attached hydrogen (secondary N) is 2. The van der Waals surface area contributed by atoms with Crippen molar-refractivity contribution < 1.29 is 37.4 Å². The van der Waals surface area contributed by atoms with E-state index in [-0.39, 0.29) is 18.9 Å². The summed E-state index contributed by atoms with van der Waals surface area (Å²) in [5, 5.41) is 13.1. The summed E-state index contributed by atoms with van der Waals surface area (Å²) < 4.78 is 44.4. The number of carboxylic acid groups (broad SMARTS) is 1. The van der Waals surface area contributed by atoms with Crippen molar-refractivity contribution in [2.45, 2.75) is 50.4 Å². The van der Waals surface area contributed by atoms with E-state index in [0.717, 1.165) is 22.3 Å². The molecule has 7 nitrogen and oxygen atoms in total. The number of carboxylic acids is 1. The summed E-state index contributed by atoms with van der Waals surface area (Å²) in [5.41, 5.74) is 3.84. The van der Waals surface area contributed by atoms with Crippen molar-refractivity contribution in [1.82, 2.24) is 10.6 Å². The Hall–Kier alpha value is -3.56. The number of alkyl carbamates (subject to hydrolysis) is 1. The number of hydrogen-bond acceptors (Lipinski definition) is 4. The van der Waals surface area contributed by atoms with Crippen molar-refractivity contribution in [1.29, 1.82) is 0 Å². The zero-order valence-electron chi connectivity index (χ0n) is 18.4. The number of rotatable bonds is 9. The van der Waals surface area contributed by atoms with Crippen LogP contribution < -0.4 is 10.6 Å². The van der Waals surface area contributed by atoms with Gasteiger partial charge in [0.15, 0.2) is 0 Å². The molecule has 2 aromatic rings. The van der Waals surface area contributed by atoms with Crippen molar-refractivity contribution in [2.75, 3.05) is 6.61 Å². The topological polar surface area (TPSA) is 105 Å².